The quantitative estimate of drug-likeness (QED) is 0.499. The van der Waals surface area contributed by atoms with E-state index >= 15 is 0 Å². The Labute approximate surface area is 67.9 Å². The molecule has 1 aromatic rings. The molecule has 1 atom stereocenters. The molecule has 0 fully saturated rings. The second kappa shape index (κ2) is 3.29. The summed E-state index contributed by atoms with van der Waals surface area (Å²) in [5, 5.41) is 1.65. The number of H-pyrrole nitrogens is 1. The molecule has 1 heterocycles. The van der Waals surface area contributed by atoms with Crippen LogP contribution in [-0.4, -0.2) is 15.9 Å². The molecule has 0 aliphatic carbocycles. The van der Waals surface area contributed by atoms with Crippen LogP contribution in [0, 0.1) is 0 Å². The summed E-state index contributed by atoms with van der Waals surface area (Å²) in [7, 11) is -2.96. The monoisotopic (exact) mass is 188 g/mol. The van der Waals surface area contributed by atoms with Gasteiger partial charge in [0.2, 0.25) is 0 Å². The number of amides is 1. The van der Waals surface area contributed by atoms with Gasteiger partial charge in [0.15, 0.2) is 11.5 Å². The standard InChI is InChI=1S/C4H5N4O3P/c5-3-2(6-1-7-3)4(9)8-12(10)11/h1H,5H2,(H,6,7)(H,8,9,10,11). The Morgan fingerprint density at radius 2 is 2.50 bits per heavy atom. The number of rotatable bonds is 2. The van der Waals surface area contributed by atoms with E-state index in [9.17, 15) is 14.3 Å². The highest BCUT2D eigenvalue weighted by atomic mass is 31.1. The van der Waals surface area contributed by atoms with Crippen molar-refractivity contribution in [2.75, 3.05) is 5.73 Å². The van der Waals surface area contributed by atoms with E-state index in [1.807, 2.05) is 0 Å². The van der Waals surface area contributed by atoms with Crippen molar-refractivity contribution in [3.8, 4) is 0 Å². The van der Waals surface area contributed by atoms with Crippen molar-refractivity contribution in [2.24, 2.45) is 0 Å². The number of aromatic nitrogens is 2. The molecule has 0 radical (unpaired) electrons. The van der Waals surface area contributed by atoms with Crippen LogP contribution in [-0.2, 0) is 4.57 Å². The Hall–Kier alpha value is -1.46. The summed E-state index contributed by atoms with van der Waals surface area (Å²) in [6.45, 7) is 0. The highest BCUT2D eigenvalue weighted by Gasteiger charge is 2.16. The molecule has 1 amide bonds. The zero-order valence-corrected chi connectivity index (χ0v) is 6.67. The predicted octanol–water partition coefficient (Wildman–Crippen LogP) is -1.26. The maximum Gasteiger partial charge on any atom is 0.440 e. The van der Waals surface area contributed by atoms with Gasteiger partial charge in [0.05, 0.1) is 6.33 Å². The van der Waals surface area contributed by atoms with E-state index in [0.717, 1.165) is 0 Å². The summed E-state index contributed by atoms with van der Waals surface area (Å²) in [6, 6.07) is 0. The molecule has 12 heavy (non-hydrogen) atoms. The smallest absolute Gasteiger partial charge is 0.440 e. The van der Waals surface area contributed by atoms with Crippen molar-refractivity contribution in [2.45, 2.75) is 0 Å². The summed E-state index contributed by atoms with van der Waals surface area (Å²) in [5.74, 6) is -0.856. The first-order valence-corrected chi connectivity index (χ1v) is 4.03. The van der Waals surface area contributed by atoms with Crippen molar-refractivity contribution in [1.29, 1.82) is 0 Å². The van der Waals surface area contributed by atoms with E-state index < -0.39 is 14.1 Å². The maximum atomic E-state index is 10.9. The zero-order chi connectivity index (χ0) is 9.14. The SMILES string of the molecule is Nc1nc[nH]c1C(=O)N[P+](=O)[O-]. The lowest BCUT2D eigenvalue weighted by Crippen LogP contribution is -2.20. The van der Waals surface area contributed by atoms with E-state index in [1.54, 1.807) is 5.09 Å². The van der Waals surface area contributed by atoms with E-state index in [2.05, 4.69) is 9.97 Å². The lowest BCUT2D eigenvalue weighted by molar-refractivity contribution is -0.166. The second-order valence-corrected chi connectivity index (χ2v) is 2.60. The second-order valence-electron chi connectivity index (χ2n) is 1.86. The van der Waals surface area contributed by atoms with Crippen molar-refractivity contribution in [1.82, 2.24) is 15.1 Å². The Balaban J connectivity index is 2.78. The molecule has 0 aromatic carbocycles. The number of nitrogens with two attached hydrogens (primary N) is 1. The average Bonchev–Trinajstić information content (AvgIpc) is 2.33. The molecule has 0 bridgehead atoms. The third-order valence-corrected chi connectivity index (χ3v) is 1.47. The number of anilines is 1. The van der Waals surface area contributed by atoms with Crippen molar-refractivity contribution < 1.29 is 14.3 Å². The van der Waals surface area contributed by atoms with Gasteiger partial charge < -0.3 is 15.6 Å². The van der Waals surface area contributed by atoms with Gasteiger partial charge in [0, 0.05) is 0 Å². The molecule has 0 saturated heterocycles. The fraction of sp³-hybridized carbons (Fsp3) is 0. The molecule has 1 aromatic heterocycles. The molecule has 0 aliphatic rings. The molecule has 0 spiro atoms. The third kappa shape index (κ3) is 1.77. The average molecular weight is 188 g/mol. The molecular formula is C4H5N4O3P. The van der Waals surface area contributed by atoms with E-state index in [-0.39, 0.29) is 11.5 Å². The topological polar surface area (TPSA) is 124 Å². The normalized spacial score (nSPS) is 10.9. The molecule has 1 rings (SSSR count). The molecule has 1 unspecified atom stereocenters. The Morgan fingerprint density at radius 3 is 2.92 bits per heavy atom. The molecular weight excluding hydrogens is 183 g/mol. The van der Waals surface area contributed by atoms with Gasteiger partial charge in [-0.05, 0) is 4.57 Å². The lowest BCUT2D eigenvalue weighted by Gasteiger charge is -1.93. The van der Waals surface area contributed by atoms with Gasteiger partial charge in [0.1, 0.15) is 0 Å². The largest absolute Gasteiger partial charge is 0.573 e. The van der Waals surface area contributed by atoms with E-state index in [4.69, 9.17) is 5.73 Å². The van der Waals surface area contributed by atoms with E-state index in [0.29, 0.717) is 0 Å². The molecule has 0 saturated carbocycles. The molecule has 64 valence electrons. The maximum absolute atomic E-state index is 10.9. The third-order valence-electron chi connectivity index (χ3n) is 1.09. The highest BCUT2D eigenvalue weighted by molar-refractivity contribution is 7.35. The summed E-state index contributed by atoms with van der Waals surface area (Å²) in [4.78, 5) is 26.8. The number of hydrogen-bond donors (Lipinski definition) is 3. The number of hydrogen-bond acceptors (Lipinski definition) is 5. The van der Waals surface area contributed by atoms with Crippen molar-refractivity contribution >= 4 is 19.9 Å². The molecule has 8 heteroatoms. The number of nitrogens with one attached hydrogen (secondary N) is 2. The molecule has 7 nitrogen and oxygen atoms in total. The highest BCUT2D eigenvalue weighted by Crippen LogP contribution is 2.07. The fourth-order valence-corrected chi connectivity index (χ4v) is 0.903. The summed E-state index contributed by atoms with van der Waals surface area (Å²) < 4.78 is 10.0. The summed E-state index contributed by atoms with van der Waals surface area (Å²) in [5.41, 5.74) is 5.16. The minimum absolute atomic E-state index is 0.0376. The van der Waals surface area contributed by atoms with Crippen LogP contribution in [0.15, 0.2) is 6.33 Å². The number of aromatic amines is 1. The van der Waals surface area contributed by atoms with Crippen LogP contribution < -0.4 is 15.7 Å². The van der Waals surface area contributed by atoms with Gasteiger partial charge in [-0.2, -0.15) is 0 Å². The lowest BCUT2D eigenvalue weighted by atomic mass is 10.4. The van der Waals surface area contributed by atoms with Crippen molar-refractivity contribution in [3.63, 3.8) is 0 Å². The zero-order valence-electron chi connectivity index (χ0n) is 5.77. The summed E-state index contributed by atoms with van der Waals surface area (Å²) in [6.07, 6.45) is 1.20. The van der Waals surface area contributed by atoms with Crippen LogP contribution >= 0.6 is 8.18 Å². The Kier molecular flexibility index (Phi) is 2.37. The Bertz CT molecular complexity index is 322. The van der Waals surface area contributed by atoms with Crippen LogP contribution in [0.5, 0.6) is 0 Å². The first-order chi connectivity index (χ1) is 5.61. The number of nitrogen functional groups attached to an aromatic ring is 1. The number of imidazole rings is 1. The van der Waals surface area contributed by atoms with Crippen LogP contribution in [0.4, 0.5) is 5.82 Å². The summed E-state index contributed by atoms with van der Waals surface area (Å²) >= 11 is 0. The van der Waals surface area contributed by atoms with Crippen LogP contribution in [0.1, 0.15) is 10.5 Å². The van der Waals surface area contributed by atoms with Crippen LogP contribution in [0.25, 0.3) is 0 Å². The van der Waals surface area contributed by atoms with E-state index in [1.165, 1.54) is 6.33 Å². The first-order valence-electron chi connectivity index (χ1n) is 2.85. The fourth-order valence-electron chi connectivity index (χ4n) is 0.626. The number of carbonyl (C=O) groups is 1. The molecule has 4 N–H and O–H groups in total. The first kappa shape index (κ1) is 8.63. The van der Waals surface area contributed by atoms with Crippen LogP contribution in [0.3, 0.4) is 0 Å². The van der Waals surface area contributed by atoms with Gasteiger partial charge >= 0.3 is 14.1 Å². The minimum Gasteiger partial charge on any atom is -0.573 e. The van der Waals surface area contributed by atoms with Crippen molar-refractivity contribution in [3.05, 3.63) is 12.0 Å². The number of carbonyl (C=O) groups excluding carboxylic acids is 1. The van der Waals surface area contributed by atoms with Crippen LogP contribution in [0.2, 0.25) is 0 Å². The van der Waals surface area contributed by atoms with Gasteiger partial charge in [-0.1, -0.05) is 0 Å². The van der Waals surface area contributed by atoms with Gasteiger partial charge in [-0.15, -0.1) is 5.09 Å². The predicted molar refractivity (Wildman–Crippen MR) is 38.1 cm³/mol. The Morgan fingerprint density at radius 1 is 1.83 bits per heavy atom. The van der Waals surface area contributed by atoms with Gasteiger partial charge in [-0.25, -0.2) is 4.98 Å². The number of nitrogens with zero attached hydrogens (tertiary/aromatic N) is 1. The van der Waals surface area contributed by atoms with Gasteiger partial charge in [0.25, 0.3) is 0 Å². The molecule has 0 aliphatic heterocycles. The minimum atomic E-state index is -2.96. The van der Waals surface area contributed by atoms with Gasteiger partial charge in [-0.3, -0.25) is 4.79 Å².